The zero-order valence-corrected chi connectivity index (χ0v) is 20.5. The monoisotopic (exact) mass is 483 g/mol. The van der Waals surface area contributed by atoms with Gasteiger partial charge in [-0.05, 0) is 41.3 Å². The number of pyridine rings is 1. The summed E-state index contributed by atoms with van der Waals surface area (Å²) >= 11 is 6.16. The molecule has 0 saturated carbocycles. The molecule has 5 nitrogen and oxygen atoms in total. The number of para-hydroxylation sites is 1. The fraction of sp³-hybridized carbons (Fsp3) is 0.207. The molecule has 35 heavy (non-hydrogen) atoms. The fourth-order valence-corrected chi connectivity index (χ4v) is 4.85. The summed E-state index contributed by atoms with van der Waals surface area (Å²) < 4.78 is 0. The Hall–Kier alpha value is -3.70. The van der Waals surface area contributed by atoms with E-state index in [2.05, 4.69) is 36.2 Å². The van der Waals surface area contributed by atoms with E-state index < -0.39 is 0 Å². The molecule has 0 aliphatic carbocycles. The maximum absolute atomic E-state index is 13.5. The normalized spacial score (nSPS) is 15.5. The van der Waals surface area contributed by atoms with Gasteiger partial charge in [-0.2, -0.15) is 5.10 Å². The van der Waals surface area contributed by atoms with Crippen LogP contribution in [0.4, 0.5) is 0 Å². The third-order valence-corrected chi connectivity index (χ3v) is 6.84. The van der Waals surface area contributed by atoms with Crippen molar-refractivity contribution in [1.82, 2.24) is 9.99 Å². The van der Waals surface area contributed by atoms with Gasteiger partial charge in [-0.1, -0.05) is 80.0 Å². The number of rotatable bonds is 5. The lowest BCUT2D eigenvalue weighted by Gasteiger charge is -2.21. The van der Waals surface area contributed by atoms with Crippen LogP contribution in [0.3, 0.4) is 0 Å². The molecule has 0 unspecified atom stereocenters. The Kier molecular flexibility index (Phi) is 6.27. The molecular formula is C29H26ClN3O2. The molecule has 1 aromatic heterocycles. The van der Waals surface area contributed by atoms with E-state index in [4.69, 9.17) is 16.7 Å². The Labute approximate surface area is 209 Å². The minimum absolute atomic E-state index is 0.0742. The predicted octanol–water partition coefficient (Wildman–Crippen LogP) is 6.50. The van der Waals surface area contributed by atoms with Gasteiger partial charge in [0.2, 0.25) is 5.91 Å². The number of aromatic amines is 1. The molecule has 0 fully saturated rings. The molecule has 1 amide bonds. The molecule has 1 atom stereocenters. The summed E-state index contributed by atoms with van der Waals surface area (Å²) in [5.41, 5.74) is 5.53. The van der Waals surface area contributed by atoms with Crippen LogP contribution >= 0.6 is 11.6 Å². The number of fused-ring (bicyclic) bond motifs is 1. The molecule has 1 N–H and O–H groups in total. The second kappa shape index (κ2) is 9.51. The van der Waals surface area contributed by atoms with Crippen molar-refractivity contribution in [3.05, 3.63) is 105 Å². The lowest BCUT2D eigenvalue weighted by Crippen LogP contribution is -2.26. The Bertz CT molecular complexity index is 1490. The molecule has 6 heteroatoms. The highest BCUT2D eigenvalue weighted by Crippen LogP contribution is 2.37. The van der Waals surface area contributed by atoms with Crippen molar-refractivity contribution in [3.63, 3.8) is 0 Å². The summed E-state index contributed by atoms with van der Waals surface area (Å²) in [7, 11) is 0. The van der Waals surface area contributed by atoms with Gasteiger partial charge in [-0.15, -0.1) is 0 Å². The summed E-state index contributed by atoms with van der Waals surface area (Å²) in [5, 5.41) is 7.84. The second-order valence-corrected chi connectivity index (χ2v) is 9.15. The highest BCUT2D eigenvalue weighted by Gasteiger charge is 2.34. The van der Waals surface area contributed by atoms with Crippen LogP contribution in [0.1, 0.15) is 49.4 Å². The maximum Gasteiger partial charge on any atom is 0.258 e. The quantitative estimate of drug-likeness (QED) is 0.352. The maximum atomic E-state index is 13.5. The van der Waals surface area contributed by atoms with E-state index >= 15 is 0 Å². The minimum Gasteiger partial charge on any atom is -0.321 e. The van der Waals surface area contributed by atoms with Crippen molar-refractivity contribution < 1.29 is 4.79 Å². The number of aromatic nitrogens is 1. The van der Waals surface area contributed by atoms with Gasteiger partial charge in [-0.3, -0.25) is 9.59 Å². The first kappa shape index (κ1) is 23.1. The number of carbonyl (C=O) groups is 1. The average molecular weight is 484 g/mol. The topological polar surface area (TPSA) is 65.5 Å². The molecule has 0 radical (unpaired) electrons. The number of nitrogens with zero attached hydrogens (tertiary/aromatic N) is 2. The van der Waals surface area contributed by atoms with E-state index in [0.717, 1.165) is 34.0 Å². The summed E-state index contributed by atoms with van der Waals surface area (Å²) in [6.07, 6.45) is 1.74. The van der Waals surface area contributed by atoms with E-state index in [0.29, 0.717) is 29.1 Å². The van der Waals surface area contributed by atoms with Crippen molar-refractivity contribution in [2.45, 2.75) is 39.2 Å². The van der Waals surface area contributed by atoms with E-state index in [-0.39, 0.29) is 17.5 Å². The summed E-state index contributed by atoms with van der Waals surface area (Å²) in [6.45, 7) is 3.94. The van der Waals surface area contributed by atoms with Crippen LogP contribution in [0.25, 0.3) is 22.0 Å². The van der Waals surface area contributed by atoms with E-state index in [9.17, 15) is 9.59 Å². The summed E-state index contributed by atoms with van der Waals surface area (Å²) in [4.78, 5) is 29.4. The van der Waals surface area contributed by atoms with Crippen molar-refractivity contribution in [3.8, 4) is 11.1 Å². The largest absolute Gasteiger partial charge is 0.321 e. The van der Waals surface area contributed by atoms with Crippen LogP contribution in [0, 0.1) is 0 Å². The Morgan fingerprint density at radius 1 is 1.00 bits per heavy atom. The van der Waals surface area contributed by atoms with Gasteiger partial charge in [0.1, 0.15) is 0 Å². The lowest BCUT2D eigenvalue weighted by molar-refractivity contribution is -0.132. The zero-order chi connectivity index (χ0) is 24.5. The molecule has 0 bridgehead atoms. The van der Waals surface area contributed by atoms with Gasteiger partial charge in [0.25, 0.3) is 5.56 Å². The molecule has 2 heterocycles. The van der Waals surface area contributed by atoms with Crippen LogP contribution in [0.15, 0.2) is 82.7 Å². The number of aryl methyl sites for hydroxylation is 1. The van der Waals surface area contributed by atoms with Gasteiger partial charge in [0.05, 0.1) is 17.3 Å². The molecular weight excluding hydrogens is 458 g/mol. The molecule has 4 aromatic rings. The zero-order valence-electron chi connectivity index (χ0n) is 19.7. The lowest BCUT2D eigenvalue weighted by atomic mass is 9.91. The van der Waals surface area contributed by atoms with Gasteiger partial charge in [0, 0.05) is 34.3 Å². The number of nitrogens with one attached hydrogen (secondary N) is 1. The van der Waals surface area contributed by atoms with E-state index in [1.54, 1.807) is 5.01 Å². The number of halogens is 1. The van der Waals surface area contributed by atoms with Crippen LogP contribution in [0.5, 0.6) is 0 Å². The summed E-state index contributed by atoms with van der Waals surface area (Å²) in [5.74, 6) is -0.0742. The molecule has 5 rings (SSSR count). The van der Waals surface area contributed by atoms with Crippen molar-refractivity contribution in [2.75, 3.05) is 0 Å². The van der Waals surface area contributed by atoms with Crippen LogP contribution in [-0.4, -0.2) is 21.6 Å². The van der Waals surface area contributed by atoms with Crippen LogP contribution in [0.2, 0.25) is 5.02 Å². The van der Waals surface area contributed by atoms with Gasteiger partial charge in [-0.25, -0.2) is 5.01 Å². The molecule has 1 aliphatic rings. The highest BCUT2D eigenvalue weighted by molar-refractivity contribution is 6.30. The number of carbonyl (C=O) groups excluding carboxylic acids is 1. The first-order valence-electron chi connectivity index (χ1n) is 11.9. The Morgan fingerprint density at radius 2 is 1.71 bits per heavy atom. The smallest absolute Gasteiger partial charge is 0.258 e. The number of hydrazone groups is 1. The second-order valence-electron chi connectivity index (χ2n) is 8.71. The number of hydrogen-bond acceptors (Lipinski definition) is 3. The van der Waals surface area contributed by atoms with Gasteiger partial charge < -0.3 is 4.98 Å². The van der Waals surface area contributed by atoms with E-state index in [1.807, 2.05) is 55.5 Å². The van der Waals surface area contributed by atoms with Crippen molar-refractivity contribution >= 4 is 34.1 Å². The number of benzene rings is 3. The fourth-order valence-electron chi connectivity index (χ4n) is 4.72. The standard InChI is InChI=1S/C29H26ClN3O2/c1-3-18-9-11-19(12-10-18)25-17-24(32-33(25)26(34)4-2)28-27(20-13-15-21(30)16-14-20)22-7-5-6-8-23(22)31-29(28)35/h5-16,25H,3-4,17H2,1-2H3,(H,31,35)/t25-/m1/s1. The molecule has 1 aliphatic heterocycles. The van der Waals surface area contributed by atoms with E-state index in [1.165, 1.54) is 5.56 Å². The first-order valence-corrected chi connectivity index (χ1v) is 12.3. The Balaban J connectivity index is 1.69. The molecule has 3 aromatic carbocycles. The first-order chi connectivity index (χ1) is 17.0. The molecule has 176 valence electrons. The minimum atomic E-state index is -0.257. The van der Waals surface area contributed by atoms with Crippen molar-refractivity contribution in [2.24, 2.45) is 5.10 Å². The molecule has 0 spiro atoms. The summed E-state index contributed by atoms with van der Waals surface area (Å²) in [6, 6.07) is 23.2. The Morgan fingerprint density at radius 3 is 2.40 bits per heavy atom. The number of hydrogen-bond donors (Lipinski definition) is 1. The van der Waals surface area contributed by atoms with Gasteiger partial charge >= 0.3 is 0 Å². The average Bonchev–Trinajstić information content (AvgIpc) is 3.33. The predicted molar refractivity (Wildman–Crippen MR) is 142 cm³/mol. The van der Waals surface area contributed by atoms with Gasteiger partial charge in [0.15, 0.2) is 0 Å². The van der Waals surface area contributed by atoms with Crippen LogP contribution in [-0.2, 0) is 11.2 Å². The van der Waals surface area contributed by atoms with Crippen molar-refractivity contribution in [1.29, 1.82) is 0 Å². The number of H-pyrrole nitrogens is 1. The third-order valence-electron chi connectivity index (χ3n) is 6.58. The highest BCUT2D eigenvalue weighted by atomic mass is 35.5. The SMILES string of the molecule is CCC(=O)N1N=C(c2c(-c3ccc(Cl)cc3)c3ccccc3[nH]c2=O)C[C@@H]1c1ccc(CC)cc1. The molecule has 0 saturated heterocycles. The third kappa shape index (κ3) is 4.28. The number of amides is 1. The van der Waals surface area contributed by atoms with Crippen LogP contribution < -0.4 is 5.56 Å².